The zero-order valence-electron chi connectivity index (χ0n) is 10.4. The summed E-state index contributed by atoms with van der Waals surface area (Å²) in [6, 6.07) is 7.92. The van der Waals surface area contributed by atoms with Gasteiger partial charge in [-0.1, -0.05) is 30.1 Å². The van der Waals surface area contributed by atoms with Crippen LogP contribution in [-0.4, -0.2) is 6.54 Å². The number of thiophene rings is 1. The molecule has 1 aromatic heterocycles. The third kappa shape index (κ3) is 4.08. The number of nitrogens with one attached hydrogen (secondary N) is 1. The maximum atomic E-state index is 6.33. The quantitative estimate of drug-likeness (QED) is 0.601. The van der Waals surface area contributed by atoms with Crippen molar-refractivity contribution in [2.24, 2.45) is 0 Å². The fourth-order valence-corrected chi connectivity index (χ4v) is 3.71. The smallest absolute Gasteiger partial charge is 0.0656 e. The Morgan fingerprint density at radius 3 is 2.74 bits per heavy atom. The summed E-state index contributed by atoms with van der Waals surface area (Å²) < 4.78 is 1.27. The molecule has 1 heterocycles. The van der Waals surface area contributed by atoms with Gasteiger partial charge >= 0.3 is 0 Å². The lowest BCUT2D eigenvalue weighted by Gasteiger charge is -2.19. The minimum Gasteiger partial charge on any atom is -0.306 e. The van der Waals surface area contributed by atoms with E-state index in [9.17, 15) is 0 Å². The highest BCUT2D eigenvalue weighted by Gasteiger charge is 2.18. The fraction of sp³-hybridized carbons (Fsp3) is 0.286. The molecule has 0 aliphatic rings. The molecule has 1 aromatic carbocycles. The Balaban J connectivity index is 2.39. The Labute approximate surface area is 141 Å². The van der Waals surface area contributed by atoms with Gasteiger partial charge in [0.2, 0.25) is 0 Å². The van der Waals surface area contributed by atoms with Crippen LogP contribution in [0.15, 0.2) is 29.6 Å². The second kappa shape index (κ2) is 7.27. The second-order valence-corrected chi connectivity index (χ2v) is 7.89. The first kappa shape index (κ1) is 15.6. The van der Waals surface area contributed by atoms with Crippen molar-refractivity contribution in [2.75, 3.05) is 6.54 Å². The van der Waals surface area contributed by atoms with Gasteiger partial charge in [-0.15, -0.1) is 11.3 Å². The van der Waals surface area contributed by atoms with E-state index in [0.29, 0.717) is 5.02 Å². The summed E-state index contributed by atoms with van der Waals surface area (Å²) in [5.41, 5.74) is 2.28. The second-order valence-electron chi connectivity index (χ2n) is 4.24. The normalized spacial score (nSPS) is 12.6. The average Bonchev–Trinajstić information content (AvgIpc) is 2.80. The fourth-order valence-electron chi connectivity index (χ4n) is 1.91. The standard InChI is InChI=1S/C14H14Cl2INS/c1-2-5-18-14(9-6-13(17)19-8-9)11-7-10(15)3-4-12(11)16/h3-4,6-8,14,18H,2,5H2,1H3. The van der Waals surface area contributed by atoms with Gasteiger partial charge in [-0.05, 0) is 76.3 Å². The summed E-state index contributed by atoms with van der Waals surface area (Å²) in [4.78, 5) is 0. The van der Waals surface area contributed by atoms with Crippen LogP contribution >= 0.6 is 57.1 Å². The first-order chi connectivity index (χ1) is 9.11. The first-order valence-electron chi connectivity index (χ1n) is 6.04. The zero-order chi connectivity index (χ0) is 13.8. The van der Waals surface area contributed by atoms with Crippen molar-refractivity contribution in [3.63, 3.8) is 0 Å². The van der Waals surface area contributed by atoms with E-state index < -0.39 is 0 Å². The molecule has 2 rings (SSSR count). The predicted molar refractivity (Wildman–Crippen MR) is 93.6 cm³/mol. The van der Waals surface area contributed by atoms with Crippen LogP contribution in [0.25, 0.3) is 0 Å². The summed E-state index contributed by atoms with van der Waals surface area (Å²) in [5, 5.41) is 7.18. The Bertz CT molecular complexity index is 556. The van der Waals surface area contributed by atoms with E-state index in [0.717, 1.165) is 23.6 Å². The lowest BCUT2D eigenvalue weighted by Crippen LogP contribution is -2.23. The van der Waals surface area contributed by atoms with Crippen LogP contribution < -0.4 is 5.32 Å². The molecular formula is C14H14Cl2INS. The first-order valence-corrected chi connectivity index (χ1v) is 8.75. The van der Waals surface area contributed by atoms with E-state index in [4.69, 9.17) is 23.2 Å². The van der Waals surface area contributed by atoms with Gasteiger partial charge < -0.3 is 5.32 Å². The van der Waals surface area contributed by atoms with Crippen molar-refractivity contribution >= 4 is 57.1 Å². The highest BCUT2D eigenvalue weighted by atomic mass is 127. The maximum Gasteiger partial charge on any atom is 0.0656 e. The van der Waals surface area contributed by atoms with E-state index in [1.165, 1.54) is 8.45 Å². The summed E-state index contributed by atoms with van der Waals surface area (Å²) in [7, 11) is 0. The lowest BCUT2D eigenvalue weighted by atomic mass is 10.0. The van der Waals surface area contributed by atoms with Gasteiger partial charge in [-0.25, -0.2) is 0 Å². The van der Waals surface area contributed by atoms with Crippen molar-refractivity contribution in [3.8, 4) is 0 Å². The number of rotatable bonds is 5. The van der Waals surface area contributed by atoms with Gasteiger partial charge in [-0.2, -0.15) is 0 Å². The van der Waals surface area contributed by atoms with Crippen LogP contribution in [0.1, 0.15) is 30.5 Å². The van der Waals surface area contributed by atoms with Crippen molar-refractivity contribution in [2.45, 2.75) is 19.4 Å². The molecule has 0 aliphatic carbocycles. The van der Waals surface area contributed by atoms with E-state index in [1.807, 2.05) is 18.2 Å². The zero-order valence-corrected chi connectivity index (χ0v) is 14.9. The summed E-state index contributed by atoms with van der Waals surface area (Å²) in [6.45, 7) is 3.10. The van der Waals surface area contributed by atoms with Crippen molar-refractivity contribution in [1.82, 2.24) is 5.32 Å². The van der Waals surface area contributed by atoms with Gasteiger partial charge in [0.05, 0.1) is 8.93 Å². The molecule has 0 amide bonds. The summed E-state index contributed by atoms with van der Waals surface area (Å²) in [6.07, 6.45) is 1.08. The molecule has 0 saturated carbocycles. The van der Waals surface area contributed by atoms with Crippen LogP contribution in [0.3, 0.4) is 0 Å². The topological polar surface area (TPSA) is 12.0 Å². The SMILES string of the molecule is CCCNC(c1csc(I)c1)c1cc(Cl)ccc1Cl. The number of benzene rings is 1. The summed E-state index contributed by atoms with van der Waals surface area (Å²) in [5.74, 6) is 0. The molecule has 5 heteroatoms. The monoisotopic (exact) mass is 425 g/mol. The van der Waals surface area contributed by atoms with Crippen molar-refractivity contribution in [1.29, 1.82) is 0 Å². The Kier molecular flexibility index (Phi) is 5.96. The van der Waals surface area contributed by atoms with Gasteiger partial charge in [-0.3, -0.25) is 0 Å². The molecule has 19 heavy (non-hydrogen) atoms. The van der Waals surface area contributed by atoms with E-state index in [-0.39, 0.29) is 6.04 Å². The third-order valence-corrected chi connectivity index (χ3v) is 5.18. The minimum atomic E-state index is 0.103. The molecule has 0 bridgehead atoms. The molecule has 1 N–H and O–H groups in total. The summed E-state index contributed by atoms with van der Waals surface area (Å²) >= 11 is 16.5. The van der Waals surface area contributed by atoms with Crippen LogP contribution in [0.5, 0.6) is 0 Å². The lowest BCUT2D eigenvalue weighted by molar-refractivity contribution is 0.600. The largest absolute Gasteiger partial charge is 0.306 e. The van der Waals surface area contributed by atoms with Gasteiger partial charge in [0.1, 0.15) is 0 Å². The molecule has 1 unspecified atom stereocenters. The Hall–Kier alpha value is 0.190. The van der Waals surface area contributed by atoms with Crippen molar-refractivity contribution in [3.05, 3.63) is 53.7 Å². The molecule has 0 fully saturated rings. The molecule has 0 saturated heterocycles. The van der Waals surface area contributed by atoms with Gasteiger partial charge in [0.25, 0.3) is 0 Å². The Morgan fingerprint density at radius 1 is 1.32 bits per heavy atom. The molecule has 1 atom stereocenters. The van der Waals surface area contributed by atoms with E-state index in [1.54, 1.807) is 11.3 Å². The van der Waals surface area contributed by atoms with E-state index >= 15 is 0 Å². The molecule has 1 nitrogen and oxygen atoms in total. The molecule has 0 aliphatic heterocycles. The maximum absolute atomic E-state index is 6.33. The average molecular weight is 426 g/mol. The van der Waals surface area contributed by atoms with Crippen LogP contribution in [-0.2, 0) is 0 Å². The molecule has 2 aromatic rings. The number of hydrogen-bond donors (Lipinski definition) is 1. The Morgan fingerprint density at radius 2 is 2.11 bits per heavy atom. The van der Waals surface area contributed by atoms with Gasteiger partial charge in [0.15, 0.2) is 0 Å². The highest BCUT2D eigenvalue weighted by molar-refractivity contribution is 14.1. The van der Waals surface area contributed by atoms with E-state index in [2.05, 4.69) is 46.3 Å². The molecular weight excluding hydrogens is 412 g/mol. The predicted octanol–water partition coefficient (Wildman–Crippen LogP) is 5.75. The number of halogens is 3. The molecule has 0 spiro atoms. The molecule has 0 radical (unpaired) electrons. The highest BCUT2D eigenvalue weighted by Crippen LogP contribution is 2.33. The van der Waals surface area contributed by atoms with Crippen LogP contribution in [0, 0.1) is 2.88 Å². The van der Waals surface area contributed by atoms with Crippen LogP contribution in [0.4, 0.5) is 0 Å². The molecule has 102 valence electrons. The van der Waals surface area contributed by atoms with Crippen LogP contribution in [0.2, 0.25) is 10.0 Å². The van der Waals surface area contributed by atoms with Crippen molar-refractivity contribution < 1.29 is 0 Å². The third-order valence-electron chi connectivity index (χ3n) is 2.79. The number of hydrogen-bond acceptors (Lipinski definition) is 2. The minimum absolute atomic E-state index is 0.103. The van der Waals surface area contributed by atoms with Gasteiger partial charge in [0, 0.05) is 10.0 Å².